The average molecular weight is 459 g/mol. The highest BCUT2D eigenvalue weighted by atomic mass is 32.1. The van der Waals surface area contributed by atoms with Gasteiger partial charge in [-0.1, -0.05) is 30.3 Å². The Morgan fingerprint density at radius 2 is 2.03 bits per heavy atom. The van der Waals surface area contributed by atoms with E-state index in [0.717, 1.165) is 35.4 Å². The predicted molar refractivity (Wildman–Crippen MR) is 135 cm³/mol. The Morgan fingerprint density at radius 3 is 2.91 bits per heavy atom. The fourth-order valence-electron chi connectivity index (χ4n) is 4.14. The number of piperazine rings is 1. The van der Waals surface area contributed by atoms with Crippen LogP contribution >= 0.6 is 11.3 Å². The van der Waals surface area contributed by atoms with Gasteiger partial charge in [0.25, 0.3) is 0 Å². The van der Waals surface area contributed by atoms with Crippen LogP contribution in [0.4, 0.5) is 11.5 Å². The van der Waals surface area contributed by atoms with Crippen molar-refractivity contribution in [1.82, 2.24) is 20.8 Å². The summed E-state index contributed by atoms with van der Waals surface area (Å²) in [4.78, 5) is 16.4. The summed E-state index contributed by atoms with van der Waals surface area (Å²) in [6.07, 6.45) is 1.77. The first-order chi connectivity index (χ1) is 16.2. The third-order valence-corrected chi connectivity index (χ3v) is 6.91. The fourth-order valence-corrected chi connectivity index (χ4v) is 5.15. The molecule has 0 spiro atoms. The number of thiophene rings is 1. The predicted octanol–water partition coefficient (Wildman–Crippen LogP) is 3.63. The topological polar surface area (TPSA) is 82.2 Å². The van der Waals surface area contributed by atoms with E-state index in [0.29, 0.717) is 19.6 Å². The summed E-state index contributed by atoms with van der Waals surface area (Å²) in [5.41, 5.74) is 3.58. The largest absolute Gasteiger partial charge is 0.363 e. The molecule has 1 fully saturated rings. The molecule has 5 rings (SSSR count). The van der Waals surface area contributed by atoms with E-state index in [1.807, 2.05) is 19.2 Å². The van der Waals surface area contributed by atoms with Crippen LogP contribution in [-0.4, -0.2) is 42.8 Å². The number of hydrogen-bond acceptors (Lipinski definition) is 7. The molecule has 0 unspecified atom stereocenters. The minimum atomic E-state index is 0.0531. The zero-order chi connectivity index (χ0) is 22.6. The molecule has 1 aliphatic rings. The number of benzene rings is 2. The van der Waals surface area contributed by atoms with Crippen molar-refractivity contribution in [3.8, 4) is 10.4 Å². The maximum atomic E-state index is 11.8. The average Bonchev–Trinajstić information content (AvgIpc) is 3.32. The normalized spacial score (nSPS) is 13.8. The zero-order valence-corrected chi connectivity index (χ0v) is 19.3. The first kappa shape index (κ1) is 21.4. The number of carbonyl (C=O) groups excluding carboxylic acids is 1. The molecule has 0 radical (unpaired) electrons. The van der Waals surface area contributed by atoms with E-state index in [1.165, 1.54) is 20.9 Å². The van der Waals surface area contributed by atoms with Crippen LogP contribution in [0.15, 0.2) is 60.8 Å². The SMILES string of the molecule is CNCc1ccccc1-c1ccc(CNc2nncc3ccc(N4CCNC(=O)C4)cc23)s1. The van der Waals surface area contributed by atoms with Crippen molar-refractivity contribution in [2.45, 2.75) is 13.1 Å². The van der Waals surface area contributed by atoms with Gasteiger partial charge >= 0.3 is 0 Å². The van der Waals surface area contributed by atoms with Crippen LogP contribution in [0.1, 0.15) is 10.4 Å². The van der Waals surface area contributed by atoms with Crippen molar-refractivity contribution in [1.29, 1.82) is 0 Å². The second-order valence-electron chi connectivity index (χ2n) is 8.04. The van der Waals surface area contributed by atoms with E-state index in [2.05, 4.69) is 73.5 Å². The third-order valence-electron chi connectivity index (χ3n) is 5.79. The number of hydrogen-bond donors (Lipinski definition) is 3. The number of aromatic nitrogens is 2. The van der Waals surface area contributed by atoms with Crippen molar-refractivity contribution in [3.63, 3.8) is 0 Å². The lowest BCUT2D eigenvalue weighted by molar-refractivity contribution is -0.120. The first-order valence-corrected chi connectivity index (χ1v) is 11.9. The summed E-state index contributed by atoms with van der Waals surface area (Å²) >= 11 is 1.79. The van der Waals surface area contributed by atoms with Crippen LogP contribution in [0.3, 0.4) is 0 Å². The molecular weight excluding hydrogens is 432 g/mol. The molecule has 0 saturated carbocycles. The number of carbonyl (C=O) groups is 1. The summed E-state index contributed by atoms with van der Waals surface area (Å²) in [7, 11) is 1.97. The highest BCUT2D eigenvalue weighted by Gasteiger charge is 2.17. The monoisotopic (exact) mass is 458 g/mol. The van der Waals surface area contributed by atoms with Gasteiger partial charge in [0.05, 0.1) is 19.3 Å². The van der Waals surface area contributed by atoms with E-state index < -0.39 is 0 Å². The molecule has 8 heteroatoms. The van der Waals surface area contributed by atoms with Gasteiger partial charge in [0.2, 0.25) is 5.91 Å². The summed E-state index contributed by atoms with van der Waals surface area (Å²) in [6, 6.07) is 19.0. The van der Waals surface area contributed by atoms with Gasteiger partial charge in [-0.05, 0) is 42.4 Å². The van der Waals surface area contributed by atoms with Gasteiger partial charge in [0.1, 0.15) is 0 Å². The van der Waals surface area contributed by atoms with Gasteiger partial charge < -0.3 is 20.9 Å². The van der Waals surface area contributed by atoms with Crippen LogP contribution in [0.5, 0.6) is 0 Å². The van der Waals surface area contributed by atoms with Gasteiger partial charge in [-0.15, -0.1) is 16.4 Å². The molecule has 3 N–H and O–H groups in total. The van der Waals surface area contributed by atoms with Crippen LogP contribution in [0, 0.1) is 0 Å². The summed E-state index contributed by atoms with van der Waals surface area (Å²) in [5, 5.41) is 20.2. The highest BCUT2D eigenvalue weighted by molar-refractivity contribution is 7.15. The Labute approximate surface area is 196 Å². The molecule has 0 bridgehead atoms. The maximum Gasteiger partial charge on any atom is 0.239 e. The molecule has 1 amide bonds. The molecule has 168 valence electrons. The summed E-state index contributed by atoms with van der Waals surface area (Å²) in [6.45, 7) is 3.34. The zero-order valence-electron chi connectivity index (χ0n) is 18.5. The molecule has 7 nitrogen and oxygen atoms in total. The van der Waals surface area contributed by atoms with Gasteiger partial charge in [0, 0.05) is 45.8 Å². The molecule has 3 heterocycles. The minimum Gasteiger partial charge on any atom is -0.363 e. The number of fused-ring (bicyclic) bond motifs is 1. The number of nitrogens with one attached hydrogen (secondary N) is 3. The molecule has 2 aromatic carbocycles. The lowest BCUT2D eigenvalue weighted by Gasteiger charge is -2.28. The number of rotatable bonds is 7. The van der Waals surface area contributed by atoms with Gasteiger partial charge in [-0.2, -0.15) is 5.10 Å². The Balaban J connectivity index is 1.36. The Kier molecular flexibility index (Phi) is 6.19. The van der Waals surface area contributed by atoms with Crippen LogP contribution in [-0.2, 0) is 17.9 Å². The van der Waals surface area contributed by atoms with Crippen LogP contribution in [0.2, 0.25) is 0 Å². The van der Waals surface area contributed by atoms with E-state index in [9.17, 15) is 4.79 Å². The van der Waals surface area contributed by atoms with Crippen LogP contribution in [0.25, 0.3) is 21.2 Å². The van der Waals surface area contributed by atoms with E-state index >= 15 is 0 Å². The molecule has 0 aliphatic carbocycles. The minimum absolute atomic E-state index is 0.0531. The lowest BCUT2D eigenvalue weighted by atomic mass is 10.1. The van der Waals surface area contributed by atoms with E-state index in [1.54, 1.807) is 17.5 Å². The van der Waals surface area contributed by atoms with Crippen molar-refractivity contribution in [2.75, 3.05) is 36.9 Å². The Morgan fingerprint density at radius 1 is 1.12 bits per heavy atom. The van der Waals surface area contributed by atoms with Crippen molar-refractivity contribution in [3.05, 3.63) is 71.2 Å². The van der Waals surface area contributed by atoms with Crippen molar-refractivity contribution >= 4 is 39.5 Å². The fraction of sp³-hybridized carbons (Fsp3) is 0.240. The van der Waals surface area contributed by atoms with Gasteiger partial charge in [-0.3, -0.25) is 4.79 Å². The first-order valence-electron chi connectivity index (χ1n) is 11.0. The molecule has 1 aliphatic heterocycles. The molecule has 2 aromatic heterocycles. The smallest absolute Gasteiger partial charge is 0.239 e. The highest BCUT2D eigenvalue weighted by Crippen LogP contribution is 2.32. The van der Waals surface area contributed by atoms with E-state index in [-0.39, 0.29) is 5.91 Å². The molecular formula is C25H26N6OS. The third kappa shape index (κ3) is 4.67. The van der Waals surface area contributed by atoms with Gasteiger partial charge in [0.15, 0.2) is 5.82 Å². The number of nitrogens with zero attached hydrogens (tertiary/aromatic N) is 3. The number of amides is 1. The summed E-state index contributed by atoms with van der Waals surface area (Å²) < 4.78 is 0. The van der Waals surface area contributed by atoms with Crippen LogP contribution < -0.4 is 20.9 Å². The summed E-state index contributed by atoms with van der Waals surface area (Å²) in [5.74, 6) is 0.804. The number of anilines is 2. The van der Waals surface area contributed by atoms with Crippen molar-refractivity contribution in [2.24, 2.45) is 0 Å². The molecule has 1 saturated heterocycles. The molecule has 0 atom stereocenters. The second-order valence-corrected chi connectivity index (χ2v) is 9.21. The Bertz CT molecular complexity index is 1290. The molecule has 4 aromatic rings. The quantitative estimate of drug-likeness (QED) is 0.392. The standard InChI is InChI=1S/C25H26N6OS/c1-26-13-17-4-2-3-5-21(17)23-9-8-20(33-23)15-28-25-22-12-19(7-6-18(22)14-29-30-25)31-11-10-27-24(32)16-31/h2-9,12,14,26H,10-11,13,15-16H2,1H3,(H,27,32)(H,28,30). The Hall–Kier alpha value is -3.49. The maximum absolute atomic E-state index is 11.8. The lowest BCUT2D eigenvalue weighted by Crippen LogP contribution is -2.47. The molecule has 33 heavy (non-hydrogen) atoms. The van der Waals surface area contributed by atoms with Crippen molar-refractivity contribution < 1.29 is 4.79 Å². The van der Waals surface area contributed by atoms with Gasteiger partial charge in [-0.25, -0.2) is 0 Å². The van der Waals surface area contributed by atoms with E-state index in [4.69, 9.17) is 0 Å². The second kappa shape index (κ2) is 9.56.